The number of hydrogen-bond acceptors (Lipinski definition) is 5. The summed E-state index contributed by atoms with van der Waals surface area (Å²) in [5, 5.41) is 19.4. The highest BCUT2D eigenvalue weighted by Gasteiger charge is 2.24. The van der Waals surface area contributed by atoms with E-state index < -0.39 is 5.97 Å². The molecule has 1 unspecified atom stereocenters. The van der Waals surface area contributed by atoms with Crippen molar-refractivity contribution >= 4 is 43.7 Å². The van der Waals surface area contributed by atoms with E-state index in [9.17, 15) is 9.90 Å². The molecule has 4 rings (SSSR count). The van der Waals surface area contributed by atoms with E-state index in [1.165, 1.54) is 6.07 Å². The largest absolute Gasteiger partial charge is 0.507 e. The van der Waals surface area contributed by atoms with E-state index in [0.29, 0.717) is 44.1 Å². The van der Waals surface area contributed by atoms with E-state index in [4.69, 9.17) is 14.6 Å². The number of ether oxygens (including phenoxy) is 2. The Kier molecular flexibility index (Phi) is 6.29. The van der Waals surface area contributed by atoms with E-state index in [2.05, 4.69) is 36.9 Å². The van der Waals surface area contributed by atoms with E-state index in [1.54, 1.807) is 24.3 Å². The van der Waals surface area contributed by atoms with E-state index in [-0.39, 0.29) is 18.2 Å². The first-order chi connectivity index (χ1) is 14.9. The Labute approximate surface area is 195 Å². The van der Waals surface area contributed by atoms with Crippen LogP contribution in [0.2, 0.25) is 0 Å². The SMILES string of the molecule is O=C(O)Cc1cc(Br)c(Oc2ccc(O)c(C3=NC(c4ccccc4)CO3)c2)c(Br)c1. The Hall–Kier alpha value is -2.84. The van der Waals surface area contributed by atoms with Crippen LogP contribution in [0.15, 0.2) is 74.6 Å². The zero-order valence-corrected chi connectivity index (χ0v) is 19.3. The third-order valence-corrected chi connectivity index (χ3v) is 5.85. The van der Waals surface area contributed by atoms with Crippen molar-refractivity contribution in [1.82, 2.24) is 0 Å². The lowest BCUT2D eigenvalue weighted by Crippen LogP contribution is -2.02. The number of nitrogens with zero attached hydrogens (tertiary/aromatic N) is 1. The fourth-order valence-electron chi connectivity index (χ4n) is 3.22. The Bertz CT molecular complexity index is 1140. The number of carboxylic acid groups (broad SMARTS) is 1. The molecule has 31 heavy (non-hydrogen) atoms. The lowest BCUT2D eigenvalue weighted by molar-refractivity contribution is -0.136. The fourth-order valence-corrected chi connectivity index (χ4v) is 4.66. The minimum Gasteiger partial charge on any atom is -0.507 e. The summed E-state index contributed by atoms with van der Waals surface area (Å²) < 4.78 is 13.0. The van der Waals surface area contributed by atoms with E-state index >= 15 is 0 Å². The molecule has 158 valence electrons. The Balaban J connectivity index is 1.60. The fraction of sp³-hybridized carbons (Fsp3) is 0.130. The molecule has 0 fully saturated rings. The average molecular weight is 547 g/mol. The Morgan fingerprint density at radius 3 is 2.48 bits per heavy atom. The number of phenols is 1. The second-order valence-electron chi connectivity index (χ2n) is 6.91. The highest BCUT2D eigenvalue weighted by atomic mass is 79.9. The highest BCUT2D eigenvalue weighted by molar-refractivity contribution is 9.11. The van der Waals surface area contributed by atoms with Crippen LogP contribution in [0.25, 0.3) is 0 Å². The molecule has 0 aromatic heterocycles. The van der Waals surface area contributed by atoms with Crippen LogP contribution in [0.1, 0.15) is 22.7 Å². The number of aromatic hydroxyl groups is 1. The maximum absolute atomic E-state index is 11.0. The first kappa shape index (κ1) is 21.4. The van der Waals surface area contributed by atoms with Crippen molar-refractivity contribution in [2.75, 3.05) is 6.61 Å². The molecule has 8 heteroatoms. The summed E-state index contributed by atoms with van der Waals surface area (Å²) in [5.41, 5.74) is 2.11. The molecule has 1 aliphatic heterocycles. The predicted molar refractivity (Wildman–Crippen MR) is 123 cm³/mol. The highest BCUT2D eigenvalue weighted by Crippen LogP contribution is 2.39. The maximum Gasteiger partial charge on any atom is 0.307 e. The first-order valence-corrected chi connectivity index (χ1v) is 11.0. The Morgan fingerprint density at radius 2 is 1.81 bits per heavy atom. The summed E-state index contributed by atoms with van der Waals surface area (Å²) >= 11 is 6.87. The van der Waals surface area contributed by atoms with Gasteiger partial charge in [0.1, 0.15) is 24.1 Å². The van der Waals surface area contributed by atoms with Crippen LogP contribution < -0.4 is 4.74 Å². The molecular weight excluding hydrogens is 530 g/mol. The number of phenolic OH excluding ortho intramolecular Hbond substituents is 1. The van der Waals surface area contributed by atoms with E-state index in [1.807, 2.05) is 30.3 Å². The molecule has 0 spiro atoms. The van der Waals surface area contributed by atoms with Crippen molar-refractivity contribution < 1.29 is 24.5 Å². The van der Waals surface area contributed by atoms with Gasteiger partial charge in [-0.2, -0.15) is 0 Å². The molecule has 1 atom stereocenters. The van der Waals surface area contributed by atoms with Crippen LogP contribution in [0, 0.1) is 0 Å². The lowest BCUT2D eigenvalue weighted by Gasteiger charge is -2.13. The summed E-state index contributed by atoms with van der Waals surface area (Å²) in [6.07, 6.45) is -0.0966. The van der Waals surface area contributed by atoms with Crippen molar-refractivity contribution in [2.24, 2.45) is 4.99 Å². The molecule has 1 heterocycles. The summed E-state index contributed by atoms with van der Waals surface area (Å²) in [6.45, 7) is 0.395. The third-order valence-electron chi connectivity index (χ3n) is 4.67. The molecule has 6 nitrogen and oxygen atoms in total. The van der Waals surface area contributed by atoms with Gasteiger partial charge in [-0.05, 0) is 73.3 Å². The average Bonchev–Trinajstić information content (AvgIpc) is 3.22. The van der Waals surface area contributed by atoms with Crippen LogP contribution in [0.4, 0.5) is 0 Å². The van der Waals surface area contributed by atoms with Gasteiger partial charge in [0.15, 0.2) is 5.75 Å². The van der Waals surface area contributed by atoms with Crippen molar-refractivity contribution in [3.05, 3.63) is 86.3 Å². The third kappa shape index (κ3) is 4.91. The maximum atomic E-state index is 11.0. The van der Waals surface area contributed by atoms with Gasteiger partial charge in [0.25, 0.3) is 0 Å². The summed E-state index contributed by atoms with van der Waals surface area (Å²) in [6, 6.07) is 17.9. The monoisotopic (exact) mass is 545 g/mol. The molecule has 3 aromatic carbocycles. The zero-order chi connectivity index (χ0) is 22.0. The number of hydrogen-bond donors (Lipinski definition) is 2. The predicted octanol–water partition coefficient (Wildman–Crippen LogP) is 5.85. The van der Waals surface area contributed by atoms with Crippen LogP contribution in [0.3, 0.4) is 0 Å². The molecule has 3 aromatic rings. The summed E-state index contributed by atoms with van der Waals surface area (Å²) in [7, 11) is 0. The normalized spacial score (nSPS) is 15.3. The smallest absolute Gasteiger partial charge is 0.307 e. The number of carboxylic acids is 1. The van der Waals surface area contributed by atoms with Crippen LogP contribution in [-0.2, 0) is 16.0 Å². The minimum absolute atomic E-state index is 0.0368. The molecule has 0 saturated carbocycles. The number of halogens is 2. The van der Waals surface area contributed by atoms with Gasteiger partial charge in [0.2, 0.25) is 5.90 Å². The van der Waals surface area contributed by atoms with Crippen molar-refractivity contribution in [3.8, 4) is 17.2 Å². The lowest BCUT2D eigenvalue weighted by atomic mass is 10.1. The second-order valence-corrected chi connectivity index (χ2v) is 8.62. The van der Waals surface area contributed by atoms with E-state index in [0.717, 1.165) is 5.56 Å². The standard InChI is InChI=1S/C23H17Br2NO5/c24-17-8-13(10-21(28)29)9-18(25)22(17)31-15-6-7-20(27)16(11-15)23-26-19(12-30-23)14-4-2-1-3-5-14/h1-9,11,19,27H,10,12H2,(H,28,29). The number of aliphatic imine (C=N–C) groups is 1. The van der Waals surface area contributed by atoms with Crippen LogP contribution in [-0.4, -0.2) is 28.7 Å². The van der Waals surface area contributed by atoms with Crippen LogP contribution in [0.5, 0.6) is 17.2 Å². The molecule has 0 amide bonds. The first-order valence-electron chi connectivity index (χ1n) is 9.37. The van der Waals surface area contributed by atoms with Crippen molar-refractivity contribution in [3.63, 3.8) is 0 Å². The molecular formula is C23H17Br2NO5. The zero-order valence-electron chi connectivity index (χ0n) is 16.1. The molecule has 2 N–H and O–H groups in total. The van der Waals surface area contributed by atoms with Crippen molar-refractivity contribution in [2.45, 2.75) is 12.5 Å². The number of rotatable bonds is 6. The van der Waals surface area contributed by atoms with Gasteiger partial charge in [-0.3, -0.25) is 4.79 Å². The number of carbonyl (C=O) groups is 1. The summed E-state index contributed by atoms with van der Waals surface area (Å²) in [5.74, 6) is 0.431. The van der Waals surface area contributed by atoms with Gasteiger partial charge in [-0.1, -0.05) is 30.3 Å². The van der Waals surface area contributed by atoms with Gasteiger partial charge in [0, 0.05) is 0 Å². The summed E-state index contributed by atoms with van der Waals surface area (Å²) in [4.78, 5) is 15.6. The number of benzene rings is 3. The second kappa shape index (κ2) is 9.11. The molecule has 0 radical (unpaired) electrons. The molecule has 0 aliphatic carbocycles. The van der Waals surface area contributed by atoms with Gasteiger partial charge >= 0.3 is 5.97 Å². The van der Waals surface area contributed by atoms with Gasteiger partial charge in [0.05, 0.1) is 20.9 Å². The Morgan fingerprint density at radius 1 is 1.10 bits per heavy atom. The number of aliphatic carboxylic acids is 1. The topological polar surface area (TPSA) is 88.4 Å². The molecule has 0 bridgehead atoms. The molecule has 0 saturated heterocycles. The van der Waals surface area contributed by atoms with Gasteiger partial charge in [-0.25, -0.2) is 4.99 Å². The van der Waals surface area contributed by atoms with Gasteiger partial charge in [-0.15, -0.1) is 0 Å². The quantitative estimate of drug-likeness (QED) is 0.404. The molecule has 1 aliphatic rings. The van der Waals surface area contributed by atoms with Gasteiger partial charge < -0.3 is 19.7 Å². The minimum atomic E-state index is -0.915. The van der Waals surface area contributed by atoms with Crippen LogP contribution >= 0.6 is 31.9 Å². The van der Waals surface area contributed by atoms with Crippen molar-refractivity contribution in [1.29, 1.82) is 0 Å².